The van der Waals surface area contributed by atoms with Crippen molar-refractivity contribution < 1.29 is 33.0 Å². The monoisotopic (exact) mass is 642 g/mol. The first-order chi connectivity index (χ1) is 21.5. The highest BCUT2D eigenvalue weighted by atomic mass is 19.4. The van der Waals surface area contributed by atoms with Gasteiger partial charge in [0.15, 0.2) is 5.78 Å². The molecule has 2 bridgehead atoms. The summed E-state index contributed by atoms with van der Waals surface area (Å²) in [6.07, 6.45) is 6.39. The van der Waals surface area contributed by atoms with Gasteiger partial charge in [-0.15, -0.1) is 0 Å². The lowest BCUT2D eigenvalue weighted by Crippen LogP contribution is -2.67. The number of rotatable bonds is 7. The summed E-state index contributed by atoms with van der Waals surface area (Å²) in [6, 6.07) is 4.43. The first kappa shape index (κ1) is 33.3. The minimum absolute atomic E-state index is 0.00428. The van der Waals surface area contributed by atoms with E-state index in [1.807, 2.05) is 26.8 Å². The third-order valence-corrected chi connectivity index (χ3v) is 13.1. The minimum Gasteiger partial charge on any atom is -0.393 e. The minimum atomic E-state index is -4.58. The number of alkyl halides is 3. The van der Waals surface area contributed by atoms with E-state index >= 15 is 0 Å². The number of hydrogen-bond acceptors (Lipinski definition) is 4. The smallest absolute Gasteiger partial charge is 0.393 e. The van der Waals surface area contributed by atoms with Crippen LogP contribution in [0.5, 0.6) is 0 Å². The van der Waals surface area contributed by atoms with E-state index in [0.717, 1.165) is 31.4 Å². The molecule has 3 fully saturated rings. The number of nitrogens with one attached hydrogen (secondary N) is 1. The number of ketones is 1. The van der Waals surface area contributed by atoms with E-state index in [1.54, 1.807) is 4.90 Å². The Bertz CT molecular complexity index is 1470. The Balaban J connectivity index is 1.47. The van der Waals surface area contributed by atoms with E-state index in [0.29, 0.717) is 44.2 Å². The van der Waals surface area contributed by atoms with Crippen molar-refractivity contribution in [2.75, 3.05) is 13.1 Å². The van der Waals surface area contributed by atoms with Crippen molar-refractivity contribution in [2.24, 2.45) is 33.5 Å². The average molecular weight is 643 g/mol. The molecular weight excluding hydrogens is 593 g/mol. The van der Waals surface area contributed by atoms with Gasteiger partial charge in [0.25, 0.3) is 0 Å². The van der Waals surface area contributed by atoms with Gasteiger partial charge < -0.3 is 20.4 Å². The third kappa shape index (κ3) is 4.65. The zero-order valence-corrected chi connectivity index (χ0v) is 27.7. The largest absolute Gasteiger partial charge is 0.416 e. The van der Waals surface area contributed by atoms with Crippen LogP contribution in [0.25, 0.3) is 0 Å². The molecule has 9 heteroatoms. The quantitative estimate of drug-likeness (QED) is 0.215. The Morgan fingerprint density at radius 1 is 1.04 bits per heavy atom. The van der Waals surface area contributed by atoms with Crippen LogP contribution >= 0.6 is 0 Å². The van der Waals surface area contributed by atoms with Gasteiger partial charge in [-0.3, -0.25) is 4.79 Å². The Hall–Kier alpha value is -2.65. The molecule has 0 saturated heterocycles. The molecule has 0 aromatic heterocycles. The summed E-state index contributed by atoms with van der Waals surface area (Å²) >= 11 is 0. The molecule has 1 aromatic rings. The molecule has 0 radical (unpaired) electrons. The van der Waals surface area contributed by atoms with Crippen LogP contribution in [0.1, 0.15) is 102 Å². The van der Waals surface area contributed by atoms with Gasteiger partial charge in [-0.1, -0.05) is 51.1 Å². The van der Waals surface area contributed by atoms with Gasteiger partial charge >= 0.3 is 12.2 Å². The van der Waals surface area contributed by atoms with Gasteiger partial charge in [0.2, 0.25) is 0 Å². The Morgan fingerprint density at radius 2 is 1.72 bits per heavy atom. The number of halogens is 3. The van der Waals surface area contributed by atoms with E-state index in [9.17, 15) is 33.0 Å². The molecule has 6 aliphatic carbocycles. The van der Waals surface area contributed by atoms with Gasteiger partial charge in [0.05, 0.1) is 23.8 Å². The molecule has 2 amide bonds. The second kappa shape index (κ2) is 10.9. The fourth-order valence-electron chi connectivity index (χ4n) is 10.8. The highest BCUT2D eigenvalue weighted by Gasteiger charge is 2.74. The Labute approximate surface area is 270 Å². The van der Waals surface area contributed by atoms with Gasteiger partial charge in [-0.05, 0) is 94.6 Å². The van der Waals surface area contributed by atoms with Crippen LogP contribution < -0.4 is 5.32 Å². The number of aliphatic hydroxyl groups is 2. The van der Waals surface area contributed by atoms with Gasteiger partial charge in [-0.25, -0.2) is 4.79 Å². The van der Waals surface area contributed by atoms with Gasteiger partial charge in [0.1, 0.15) is 0 Å². The average Bonchev–Trinajstić information content (AvgIpc) is 3.26. The summed E-state index contributed by atoms with van der Waals surface area (Å²) in [5.41, 5.74) is -3.86. The van der Waals surface area contributed by atoms with Crippen molar-refractivity contribution in [3.8, 4) is 0 Å². The SMILES string of the molecule is CCCN(CC1(O)CCC2C34C=CC5(C=C3C(=O)c3cccc(C(F)(F)F)c3)CC(O)CCC5(C)C4CCC21C)C(=O)NC(C)C. The van der Waals surface area contributed by atoms with E-state index in [4.69, 9.17) is 0 Å². The second-order valence-electron chi connectivity index (χ2n) is 15.7. The molecule has 7 rings (SSSR count). The van der Waals surface area contributed by atoms with Crippen molar-refractivity contribution in [1.29, 1.82) is 0 Å². The maximum absolute atomic E-state index is 14.6. The van der Waals surface area contributed by atoms with Gasteiger partial charge in [-0.2, -0.15) is 13.2 Å². The van der Waals surface area contributed by atoms with Crippen LogP contribution in [0.3, 0.4) is 0 Å². The standard InChI is InChI=1S/C37H49F3N2O4/c1-6-18-42(31(45)41-23(2)3)22-35(46)15-12-29-33(35,5)14-11-28-32(4)13-10-26(43)20-34(32)16-17-36(28,29)27(21-34)30(44)24-8-7-9-25(19-24)37(38,39)40/h7-9,16-17,19,21,23,26,28-29,43,46H,6,10-15,18,20,22H2,1-5H3,(H,41,45). The molecular formula is C37H49F3N2O4. The van der Waals surface area contributed by atoms with Crippen LogP contribution in [0, 0.1) is 33.5 Å². The number of carbonyl (C=O) groups is 2. The highest BCUT2D eigenvalue weighted by Crippen LogP contribution is 2.78. The van der Waals surface area contributed by atoms with E-state index in [2.05, 4.69) is 31.3 Å². The number of Topliss-reactive ketones (excluding diaryl/α,β-unsaturated/α-hetero) is 1. The van der Waals surface area contributed by atoms with Crippen molar-refractivity contribution >= 4 is 11.8 Å². The molecule has 6 aliphatic rings. The van der Waals surface area contributed by atoms with E-state index < -0.39 is 45.5 Å². The summed E-state index contributed by atoms with van der Waals surface area (Å²) < 4.78 is 41.3. The van der Waals surface area contributed by atoms with Gasteiger partial charge in [0, 0.05) is 40.0 Å². The topological polar surface area (TPSA) is 89.9 Å². The van der Waals surface area contributed by atoms with Crippen molar-refractivity contribution in [3.05, 3.63) is 59.2 Å². The van der Waals surface area contributed by atoms with Crippen LogP contribution in [-0.2, 0) is 6.18 Å². The maximum Gasteiger partial charge on any atom is 0.416 e. The molecule has 2 spiro atoms. The molecule has 6 nitrogen and oxygen atoms in total. The summed E-state index contributed by atoms with van der Waals surface area (Å²) in [4.78, 5) is 29.6. The number of urea groups is 1. The number of nitrogens with zero attached hydrogens (tertiary/aromatic N) is 1. The first-order valence-electron chi connectivity index (χ1n) is 17.1. The number of fused-ring (bicyclic) bond motifs is 1. The molecule has 46 heavy (non-hydrogen) atoms. The fourth-order valence-corrected chi connectivity index (χ4v) is 10.8. The summed E-state index contributed by atoms with van der Waals surface area (Å²) in [6.45, 7) is 10.9. The third-order valence-electron chi connectivity index (χ3n) is 13.1. The van der Waals surface area contributed by atoms with Crippen LogP contribution in [0.2, 0.25) is 0 Å². The summed E-state index contributed by atoms with van der Waals surface area (Å²) in [7, 11) is 0. The summed E-state index contributed by atoms with van der Waals surface area (Å²) in [5.74, 6) is -0.561. The predicted octanol–water partition coefficient (Wildman–Crippen LogP) is 7.31. The number of aliphatic hydroxyl groups excluding tert-OH is 1. The lowest BCUT2D eigenvalue weighted by atomic mass is 9.32. The van der Waals surface area contributed by atoms with E-state index in [1.165, 1.54) is 12.1 Å². The number of carbonyl (C=O) groups excluding carboxylic acids is 2. The van der Waals surface area contributed by atoms with Crippen molar-refractivity contribution in [3.63, 3.8) is 0 Å². The Kier molecular flexibility index (Phi) is 7.91. The zero-order chi connectivity index (χ0) is 33.5. The maximum atomic E-state index is 14.6. The summed E-state index contributed by atoms with van der Waals surface area (Å²) in [5, 5.41) is 26.5. The zero-order valence-electron chi connectivity index (χ0n) is 27.7. The molecule has 0 heterocycles. The highest BCUT2D eigenvalue weighted by molar-refractivity contribution is 6.10. The Morgan fingerprint density at radius 3 is 2.39 bits per heavy atom. The second-order valence-corrected chi connectivity index (χ2v) is 15.7. The fraction of sp³-hybridized carbons (Fsp3) is 0.676. The first-order valence-corrected chi connectivity index (χ1v) is 17.1. The molecule has 1 aromatic carbocycles. The molecule has 0 aliphatic heterocycles. The van der Waals surface area contributed by atoms with Crippen molar-refractivity contribution in [1.82, 2.24) is 10.2 Å². The molecule has 3 saturated carbocycles. The lowest BCUT2D eigenvalue weighted by Gasteiger charge is -2.71. The lowest BCUT2D eigenvalue weighted by molar-refractivity contribution is -0.174. The van der Waals surface area contributed by atoms with Crippen molar-refractivity contribution in [2.45, 2.75) is 110 Å². The van der Waals surface area contributed by atoms with Crippen LogP contribution in [0.4, 0.5) is 18.0 Å². The number of hydrogen-bond donors (Lipinski definition) is 3. The number of allylic oxidation sites excluding steroid dienone is 4. The molecule has 3 N–H and O–H groups in total. The number of amides is 2. The number of benzene rings is 1. The molecule has 8 unspecified atom stereocenters. The van der Waals surface area contributed by atoms with E-state index in [-0.39, 0.29) is 41.4 Å². The van der Waals surface area contributed by atoms with Crippen LogP contribution in [-0.4, -0.2) is 57.8 Å². The molecule has 8 atom stereocenters. The molecule has 252 valence electrons. The van der Waals surface area contributed by atoms with Crippen LogP contribution in [0.15, 0.2) is 48.1 Å². The normalized spacial score (nSPS) is 39.4. The predicted molar refractivity (Wildman–Crippen MR) is 170 cm³/mol.